The van der Waals surface area contributed by atoms with Gasteiger partial charge in [0.1, 0.15) is 5.75 Å². The number of hydrogen-bond donors (Lipinski definition) is 2. The van der Waals surface area contributed by atoms with Crippen LogP contribution in [0.1, 0.15) is 18.4 Å². The molecule has 1 aromatic carbocycles. The molecule has 1 saturated heterocycles. The lowest BCUT2D eigenvalue weighted by atomic mass is 9.97. The molecule has 1 aliphatic heterocycles. The lowest BCUT2D eigenvalue weighted by molar-refractivity contribution is -0.274. The first kappa shape index (κ1) is 21.0. The van der Waals surface area contributed by atoms with E-state index >= 15 is 0 Å². The Morgan fingerprint density at radius 2 is 1.97 bits per heavy atom. The smallest absolute Gasteiger partial charge is 0.406 e. The van der Waals surface area contributed by atoms with Crippen molar-refractivity contribution in [3.63, 3.8) is 0 Å². The Morgan fingerprint density at radius 1 is 1.21 bits per heavy atom. The molecular weight excluding hydrogens is 407 g/mol. The Labute approximate surface area is 169 Å². The number of nitrogens with one attached hydrogen (secondary N) is 2. The van der Waals surface area contributed by atoms with Crippen LogP contribution in [0, 0.1) is 5.92 Å². The molecule has 0 bridgehead atoms. The molecule has 2 heterocycles. The van der Waals surface area contributed by atoms with Crippen LogP contribution in [-0.4, -0.2) is 36.3 Å². The van der Waals surface area contributed by atoms with Gasteiger partial charge >= 0.3 is 12.4 Å². The maximum atomic E-state index is 12.5. The maximum Gasteiger partial charge on any atom is 0.573 e. The molecule has 29 heavy (non-hydrogen) atoms. The summed E-state index contributed by atoms with van der Waals surface area (Å²) in [5.74, 6) is -0.827. The first-order valence-corrected chi connectivity index (χ1v) is 9.90. The zero-order valence-electron chi connectivity index (χ0n) is 15.4. The van der Waals surface area contributed by atoms with E-state index in [1.54, 1.807) is 4.90 Å². The number of amides is 3. The SMILES string of the molecule is O=C(NCc1ccc(OC(F)(F)F)cc1)C1CCCN(C(=O)Nc2cccs2)C1. The number of ether oxygens (including phenoxy) is 1. The van der Waals surface area contributed by atoms with Crippen molar-refractivity contribution in [2.24, 2.45) is 5.92 Å². The van der Waals surface area contributed by atoms with Crippen LogP contribution in [0.25, 0.3) is 0 Å². The Balaban J connectivity index is 1.48. The van der Waals surface area contributed by atoms with Crippen LogP contribution >= 0.6 is 11.3 Å². The number of nitrogens with zero attached hydrogens (tertiary/aromatic N) is 1. The van der Waals surface area contributed by atoms with Crippen LogP contribution in [-0.2, 0) is 11.3 Å². The lowest BCUT2D eigenvalue weighted by Gasteiger charge is -2.31. The summed E-state index contributed by atoms with van der Waals surface area (Å²) in [6.45, 7) is 1.09. The van der Waals surface area contributed by atoms with Crippen molar-refractivity contribution in [3.8, 4) is 5.75 Å². The molecular formula is C19H20F3N3O3S. The fraction of sp³-hybridized carbons (Fsp3) is 0.368. The average Bonchev–Trinajstić information content (AvgIpc) is 3.19. The Morgan fingerprint density at radius 3 is 2.62 bits per heavy atom. The van der Waals surface area contributed by atoms with Gasteiger partial charge in [-0.25, -0.2) is 4.79 Å². The predicted molar refractivity (Wildman–Crippen MR) is 103 cm³/mol. The molecule has 2 N–H and O–H groups in total. The lowest BCUT2D eigenvalue weighted by Crippen LogP contribution is -2.46. The molecule has 3 amide bonds. The Kier molecular flexibility index (Phi) is 6.63. The summed E-state index contributed by atoms with van der Waals surface area (Å²) in [4.78, 5) is 26.4. The van der Waals surface area contributed by atoms with Gasteiger partial charge in [-0.3, -0.25) is 10.1 Å². The van der Waals surface area contributed by atoms with Crippen LogP contribution in [0.4, 0.5) is 23.0 Å². The van der Waals surface area contributed by atoms with Crippen molar-refractivity contribution in [2.75, 3.05) is 18.4 Å². The van der Waals surface area contributed by atoms with E-state index < -0.39 is 6.36 Å². The van der Waals surface area contributed by atoms with Gasteiger partial charge in [-0.2, -0.15) is 0 Å². The van der Waals surface area contributed by atoms with Gasteiger partial charge in [0.25, 0.3) is 0 Å². The number of rotatable bonds is 5. The highest BCUT2D eigenvalue weighted by Gasteiger charge is 2.31. The van der Waals surface area contributed by atoms with E-state index in [9.17, 15) is 22.8 Å². The number of carbonyl (C=O) groups is 2. The van der Waals surface area contributed by atoms with E-state index in [1.165, 1.54) is 35.6 Å². The van der Waals surface area contributed by atoms with Crippen LogP contribution < -0.4 is 15.4 Å². The molecule has 3 rings (SSSR count). The van der Waals surface area contributed by atoms with Gasteiger partial charge in [0.05, 0.1) is 10.9 Å². The summed E-state index contributed by atoms with van der Waals surface area (Å²) in [6, 6.07) is 8.74. The number of halogens is 3. The molecule has 1 fully saturated rings. The second-order valence-electron chi connectivity index (χ2n) is 6.60. The predicted octanol–water partition coefficient (Wildman–Crippen LogP) is 4.21. The largest absolute Gasteiger partial charge is 0.573 e. The highest BCUT2D eigenvalue weighted by molar-refractivity contribution is 7.14. The number of urea groups is 1. The molecule has 6 nitrogen and oxygen atoms in total. The second-order valence-corrected chi connectivity index (χ2v) is 7.55. The zero-order valence-corrected chi connectivity index (χ0v) is 16.2. The normalized spacial score (nSPS) is 16.9. The van der Waals surface area contributed by atoms with E-state index in [-0.39, 0.29) is 30.2 Å². The van der Waals surface area contributed by atoms with Crippen molar-refractivity contribution in [1.82, 2.24) is 10.2 Å². The fourth-order valence-electron chi connectivity index (χ4n) is 3.05. The third kappa shape index (κ3) is 6.38. The topological polar surface area (TPSA) is 70.7 Å². The number of hydrogen-bond acceptors (Lipinski definition) is 4. The number of piperidine rings is 1. The summed E-state index contributed by atoms with van der Waals surface area (Å²) < 4.78 is 40.4. The third-order valence-electron chi connectivity index (χ3n) is 4.45. The second kappa shape index (κ2) is 9.17. The van der Waals surface area contributed by atoms with Crippen LogP contribution in [0.15, 0.2) is 41.8 Å². The number of benzene rings is 1. The van der Waals surface area contributed by atoms with Crippen LogP contribution in [0.5, 0.6) is 5.75 Å². The highest BCUT2D eigenvalue weighted by Crippen LogP contribution is 2.23. The first-order valence-electron chi connectivity index (χ1n) is 9.02. The van der Waals surface area contributed by atoms with Crippen molar-refractivity contribution in [2.45, 2.75) is 25.7 Å². The number of alkyl halides is 3. The number of carbonyl (C=O) groups excluding carboxylic acids is 2. The molecule has 0 radical (unpaired) electrons. The molecule has 10 heteroatoms. The summed E-state index contributed by atoms with van der Waals surface area (Å²) in [5, 5.41) is 8.21. The minimum absolute atomic E-state index is 0.184. The van der Waals surface area contributed by atoms with E-state index in [2.05, 4.69) is 15.4 Å². The Bertz CT molecular complexity index is 825. The summed E-state index contributed by atoms with van der Waals surface area (Å²) in [7, 11) is 0. The van der Waals surface area contributed by atoms with Crippen LogP contribution in [0.3, 0.4) is 0 Å². The maximum absolute atomic E-state index is 12.5. The van der Waals surface area contributed by atoms with Gasteiger partial charge in [-0.05, 0) is 48.1 Å². The molecule has 0 aliphatic carbocycles. The van der Waals surface area contributed by atoms with Gasteiger partial charge in [0.15, 0.2) is 0 Å². The van der Waals surface area contributed by atoms with Gasteiger partial charge in [-0.1, -0.05) is 12.1 Å². The molecule has 156 valence electrons. The van der Waals surface area contributed by atoms with E-state index in [0.29, 0.717) is 25.1 Å². The quantitative estimate of drug-likeness (QED) is 0.751. The standard InChI is InChI=1S/C19H20F3N3O3S/c20-19(21,22)28-15-7-5-13(6-8-15)11-23-17(26)14-3-1-9-25(12-14)18(27)24-16-4-2-10-29-16/h2,4-8,10,14H,1,3,9,11-12H2,(H,23,26)(H,24,27). The monoisotopic (exact) mass is 427 g/mol. The molecule has 0 spiro atoms. The van der Waals surface area contributed by atoms with Crippen molar-refractivity contribution in [1.29, 1.82) is 0 Å². The summed E-state index contributed by atoms with van der Waals surface area (Å²) >= 11 is 1.42. The van der Waals surface area contributed by atoms with Gasteiger partial charge in [-0.15, -0.1) is 24.5 Å². The minimum atomic E-state index is -4.74. The van der Waals surface area contributed by atoms with E-state index in [4.69, 9.17) is 0 Å². The van der Waals surface area contributed by atoms with Gasteiger partial charge in [0, 0.05) is 19.6 Å². The van der Waals surface area contributed by atoms with Gasteiger partial charge < -0.3 is 15.0 Å². The number of likely N-dealkylation sites (tertiary alicyclic amines) is 1. The van der Waals surface area contributed by atoms with E-state index in [1.807, 2.05) is 17.5 Å². The molecule has 1 aliphatic rings. The highest BCUT2D eigenvalue weighted by atomic mass is 32.1. The summed E-state index contributed by atoms with van der Waals surface area (Å²) in [5.41, 5.74) is 0.649. The molecule has 2 aromatic rings. The number of anilines is 1. The first-order chi connectivity index (χ1) is 13.8. The summed E-state index contributed by atoms with van der Waals surface area (Å²) in [6.07, 6.45) is -3.34. The molecule has 0 saturated carbocycles. The Hall–Kier alpha value is -2.75. The zero-order chi connectivity index (χ0) is 20.9. The average molecular weight is 427 g/mol. The van der Waals surface area contributed by atoms with Crippen molar-refractivity contribution in [3.05, 3.63) is 47.3 Å². The molecule has 1 unspecified atom stereocenters. The third-order valence-corrected chi connectivity index (χ3v) is 5.24. The van der Waals surface area contributed by atoms with Gasteiger partial charge in [0.2, 0.25) is 5.91 Å². The van der Waals surface area contributed by atoms with Crippen molar-refractivity contribution < 1.29 is 27.5 Å². The molecule has 1 aromatic heterocycles. The minimum Gasteiger partial charge on any atom is -0.406 e. The van der Waals surface area contributed by atoms with Crippen LogP contribution in [0.2, 0.25) is 0 Å². The number of thiophene rings is 1. The van der Waals surface area contributed by atoms with Crippen molar-refractivity contribution >= 4 is 28.3 Å². The molecule has 1 atom stereocenters. The van der Waals surface area contributed by atoms with E-state index in [0.717, 1.165) is 11.4 Å². The fourth-order valence-corrected chi connectivity index (χ4v) is 3.66.